The highest BCUT2D eigenvalue weighted by molar-refractivity contribution is 5.71. The maximum atomic E-state index is 11.5. The van der Waals surface area contributed by atoms with Crippen LogP contribution in [0.25, 0.3) is 0 Å². The molecule has 0 aliphatic carbocycles. The minimum absolute atomic E-state index is 0.0835. The first-order chi connectivity index (χ1) is 9.23. The third-order valence-electron chi connectivity index (χ3n) is 2.05. The van der Waals surface area contributed by atoms with Crippen LogP contribution in [0.1, 0.15) is 26.3 Å². The lowest BCUT2D eigenvalue weighted by Gasteiger charge is -2.19. The number of ether oxygens (including phenoxy) is 2. The summed E-state index contributed by atoms with van der Waals surface area (Å²) in [6, 6.07) is 5.53. The molecule has 0 fully saturated rings. The Labute approximate surface area is 115 Å². The predicted molar refractivity (Wildman–Crippen MR) is 69.2 cm³/mol. The Morgan fingerprint density at radius 2 is 2.10 bits per heavy atom. The van der Waals surface area contributed by atoms with E-state index in [0.717, 1.165) is 6.07 Å². The molecule has 0 saturated heterocycles. The van der Waals surface area contributed by atoms with Crippen LogP contribution in [0.2, 0.25) is 0 Å². The van der Waals surface area contributed by atoms with Crippen molar-refractivity contribution in [3.63, 3.8) is 0 Å². The Hall–Kier alpha value is -2.62. The maximum absolute atomic E-state index is 11.5. The monoisotopic (exact) mass is 278 g/mol. The lowest BCUT2D eigenvalue weighted by molar-refractivity contribution is -0.385. The van der Waals surface area contributed by atoms with Crippen LogP contribution in [0.4, 0.5) is 5.69 Å². The fraction of sp³-hybridized carbons (Fsp3) is 0.385. The highest BCUT2D eigenvalue weighted by Crippen LogP contribution is 2.27. The van der Waals surface area contributed by atoms with Gasteiger partial charge in [0.1, 0.15) is 5.60 Å². The van der Waals surface area contributed by atoms with Gasteiger partial charge < -0.3 is 9.47 Å². The Bertz CT molecular complexity index is 569. The molecule has 0 aliphatic heterocycles. The number of nitro benzene ring substituents is 1. The Morgan fingerprint density at radius 1 is 1.45 bits per heavy atom. The summed E-state index contributed by atoms with van der Waals surface area (Å²) in [4.78, 5) is 21.7. The third kappa shape index (κ3) is 4.57. The second-order valence-electron chi connectivity index (χ2n) is 4.93. The smallest absolute Gasteiger partial charge is 0.344 e. The van der Waals surface area contributed by atoms with Gasteiger partial charge in [-0.25, -0.2) is 4.79 Å². The average molecular weight is 278 g/mol. The SMILES string of the molecule is CC(C)(C)OC(=O)COc1ccc(C#N)cc1[N+](=O)[O-]. The van der Waals surface area contributed by atoms with Gasteiger partial charge in [0, 0.05) is 6.07 Å². The third-order valence-corrected chi connectivity index (χ3v) is 2.05. The zero-order valence-electron chi connectivity index (χ0n) is 11.4. The van der Waals surface area contributed by atoms with E-state index in [1.165, 1.54) is 12.1 Å². The summed E-state index contributed by atoms with van der Waals surface area (Å²) in [5, 5.41) is 19.6. The molecular weight excluding hydrogens is 264 g/mol. The van der Waals surface area contributed by atoms with E-state index in [4.69, 9.17) is 14.7 Å². The van der Waals surface area contributed by atoms with Gasteiger partial charge in [-0.3, -0.25) is 10.1 Å². The number of carbonyl (C=O) groups excluding carboxylic acids is 1. The molecule has 106 valence electrons. The summed E-state index contributed by atoms with van der Waals surface area (Å²) in [7, 11) is 0. The largest absolute Gasteiger partial charge is 0.475 e. The number of rotatable bonds is 4. The summed E-state index contributed by atoms with van der Waals surface area (Å²) >= 11 is 0. The molecule has 0 heterocycles. The Balaban J connectivity index is 2.81. The molecule has 7 nitrogen and oxygen atoms in total. The van der Waals surface area contributed by atoms with Crippen LogP contribution in [0.15, 0.2) is 18.2 Å². The highest BCUT2D eigenvalue weighted by Gasteiger charge is 2.20. The number of carbonyl (C=O) groups is 1. The van der Waals surface area contributed by atoms with E-state index in [0.29, 0.717) is 0 Å². The van der Waals surface area contributed by atoms with E-state index in [1.54, 1.807) is 26.8 Å². The molecule has 0 aliphatic rings. The second-order valence-corrected chi connectivity index (χ2v) is 4.93. The van der Waals surface area contributed by atoms with Crippen LogP contribution in [0, 0.1) is 21.4 Å². The summed E-state index contributed by atoms with van der Waals surface area (Å²) in [5.41, 5.74) is -0.884. The highest BCUT2D eigenvalue weighted by atomic mass is 16.6. The van der Waals surface area contributed by atoms with Crippen LogP contribution in [0.3, 0.4) is 0 Å². The normalized spacial score (nSPS) is 10.5. The molecule has 1 rings (SSSR count). The lowest BCUT2D eigenvalue weighted by Crippen LogP contribution is -2.27. The first-order valence-electron chi connectivity index (χ1n) is 5.76. The molecule has 0 N–H and O–H groups in total. The van der Waals surface area contributed by atoms with Gasteiger partial charge in [0.05, 0.1) is 16.6 Å². The number of nitrogens with zero attached hydrogens (tertiary/aromatic N) is 2. The predicted octanol–water partition coefficient (Wildman–Crippen LogP) is 2.19. The van der Waals surface area contributed by atoms with Crippen molar-refractivity contribution in [3.05, 3.63) is 33.9 Å². The van der Waals surface area contributed by atoms with Crippen molar-refractivity contribution in [1.82, 2.24) is 0 Å². The van der Waals surface area contributed by atoms with Gasteiger partial charge in [0.2, 0.25) is 0 Å². The number of esters is 1. The van der Waals surface area contributed by atoms with Gasteiger partial charge >= 0.3 is 11.7 Å². The van der Waals surface area contributed by atoms with E-state index >= 15 is 0 Å². The first-order valence-corrected chi connectivity index (χ1v) is 5.76. The molecule has 0 radical (unpaired) electrons. The topological polar surface area (TPSA) is 102 Å². The van der Waals surface area contributed by atoms with E-state index in [2.05, 4.69) is 0 Å². The minimum atomic E-state index is -0.675. The number of benzene rings is 1. The van der Waals surface area contributed by atoms with Crippen molar-refractivity contribution in [1.29, 1.82) is 5.26 Å². The summed E-state index contributed by atoms with van der Waals surface area (Å²) in [5.74, 6) is -0.712. The number of hydrogen-bond donors (Lipinski definition) is 0. The van der Waals surface area contributed by atoms with Crippen molar-refractivity contribution >= 4 is 11.7 Å². The fourth-order valence-corrected chi connectivity index (χ4v) is 1.36. The molecular formula is C13H14N2O5. The van der Waals surface area contributed by atoms with Crippen LogP contribution < -0.4 is 4.74 Å². The number of nitriles is 1. The molecule has 0 bridgehead atoms. The summed E-state index contributed by atoms with van der Waals surface area (Å²) in [6.07, 6.45) is 0. The van der Waals surface area contributed by atoms with Crippen LogP contribution in [0.5, 0.6) is 5.75 Å². The lowest BCUT2D eigenvalue weighted by atomic mass is 10.2. The van der Waals surface area contributed by atoms with Crippen molar-refractivity contribution < 1.29 is 19.2 Å². The van der Waals surface area contributed by atoms with Gasteiger partial charge in [0.15, 0.2) is 12.4 Å². The molecule has 7 heteroatoms. The second kappa shape index (κ2) is 6.02. The molecule has 0 aromatic heterocycles. The Morgan fingerprint density at radius 3 is 2.60 bits per heavy atom. The van der Waals surface area contributed by atoms with Crippen LogP contribution in [-0.4, -0.2) is 23.1 Å². The minimum Gasteiger partial charge on any atom is -0.475 e. The van der Waals surface area contributed by atoms with Crippen molar-refractivity contribution in [2.45, 2.75) is 26.4 Å². The molecule has 0 amide bonds. The molecule has 20 heavy (non-hydrogen) atoms. The molecule has 0 unspecified atom stereocenters. The van der Waals surface area contributed by atoms with E-state index in [-0.39, 0.29) is 17.0 Å². The standard InChI is InChI=1S/C13H14N2O5/c1-13(2,3)20-12(16)8-19-11-5-4-9(7-14)6-10(11)15(17)18/h4-6H,8H2,1-3H3. The molecule has 0 atom stereocenters. The van der Waals surface area contributed by atoms with E-state index in [9.17, 15) is 14.9 Å². The zero-order chi connectivity index (χ0) is 15.3. The molecule has 0 spiro atoms. The van der Waals surface area contributed by atoms with Crippen molar-refractivity contribution in [3.8, 4) is 11.8 Å². The maximum Gasteiger partial charge on any atom is 0.344 e. The van der Waals surface area contributed by atoms with E-state index in [1.807, 2.05) is 0 Å². The molecule has 0 saturated carbocycles. The summed E-state index contributed by atoms with van der Waals surface area (Å²) < 4.78 is 10.1. The number of hydrogen-bond acceptors (Lipinski definition) is 6. The first kappa shape index (κ1) is 15.4. The van der Waals surface area contributed by atoms with Crippen molar-refractivity contribution in [2.24, 2.45) is 0 Å². The molecule has 1 aromatic rings. The van der Waals surface area contributed by atoms with Crippen LogP contribution >= 0.6 is 0 Å². The number of nitro groups is 1. The van der Waals surface area contributed by atoms with Crippen molar-refractivity contribution in [2.75, 3.05) is 6.61 Å². The van der Waals surface area contributed by atoms with Gasteiger partial charge in [-0.1, -0.05) is 0 Å². The van der Waals surface area contributed by atoms with Gasteiger partial charge in [-0.15, -0.1) is 0 Å². The van der Waals surface area contributed by atoms with Crippen LogP contribution in [-0.2, 0) is 9.53 Å². The van der Waals surface area contributed by atoms with Gasteiger partial charge in [-0.2, -0.15) is 5.26 Å². The van der Waals surface area contributed by atoms with Gasteiger partial charge in [-0.05, 0) is 32.9 Å². The quantitative estimate of drug-likeness (QED) is 0.475. The average Bonchev–Trinajstić information content (AvgIpc) is 2.34. The Kier molecular flexibility index (Phi) is 4.64. The zero-order valence-corrected chi connectivity index (χ0v) is 11.4. The van der Waals surface area contributed by atoms with Gasteiger partial charge in [0.25, 0.3) is 0 Å². The fourth-order valence-electron chi connectivity index (χ4n) is 1.36. The molecule has 1 aromatic carbocycles. The van der Waals surface area contributed by atoms with E-state index < -0.39 is 23.1 Å². The summed E-state index contributed by atoms with van der Waals surface area (Å²) in [6.45, 7) is 4.67.